The van der Waals surface area contributed by atoms with Crippen molar-refractivity contribution in [2.24, 2.45) is 5.92 Å². The predicted molar refractivity (Wildman–Crippen MR) is 88.8 cm³/mol. The summed E-state index contributed by atoms with van der Waals surface area (Å²) < 4.78 is 12.9. The molecule has 1 rings (SSSR count). The van der Waals surface area contributed by atoms with Gasteiger partial charge in [-0.3, -0.25) is 14.4 Å². The first-order chi connectivity index (χ1) is 11.2. The quantitative estimate of drug-likeness (QED) is 0.699. The highest BCUT2D eigenvalue weighted by Crippen LogP contribution is 2.06. The van der Waals surface area contributed by atoms with Crippen molar-refractivity contribution < 1.29 is 18.8 Å². The van der Waals surface area contributed by atoms with E-state index in [2.05, 4.69) is 16.0 Å². The number of carbonyl (C=O) groups excluding carboxylic acids is 3. The SMILES string of the molecule is CC(C)NC(=O)CNC(=O)[C@H](NC(=O)c1ccc(F)cc1)C(C)C. The normalized spacial score (nSPS) is 12.0. The predicted octanol–water partition coefficient (Wildman–Crippen LogP) is 1.22. The van der Waals surface area contributed by atoms with Gasteiger partial charge in [0.05, 0.1) is 6.54 Å². The van der Waals surface area contributed by atoms with Crippen molar-refractivity contribution in [3.8, 4) is 0 Å². The standard InChI is InChI=1S/C17H24FN3O3/c1-10(2)15(17(24)19-9-14(22)20-11(3)4)21-16(23)12-5-7-13(18)8-6-12/h5-8,10-11,15H,9H2,1-4H3,(H,19,24)(H,20,22)(H,21,23)/t15-/m1/s1. The second-order valence-electron chi connectivity index (χ2n) is 6.14. The topological polar surface area (TPSA) is 87.3 Å². The van der Waals surface area contributed by atoms with E-state index >= 15 is 0 Å². The monoisotopic (exact) mass is 337 g/mol. The molecule has 0 fully saturated rings. The minimum atomic E-state index is -0.797. The molecule has 0 unspecified atom stereocenters. The van der Waals surface area contributed by atoms with Gasteiger partial charge in [-0.05, 0) is 44.0 Å². The first kappa shape index (κ1) is 19.6. The van der Waals surface area contributed by atoms with Crippen LogP contribution in [0.2, 0.25) is 0 Å². The molecule has 3 amide bonds. The average Bonchev–Trinajstić information content (AvgIpc) is 2.49. The minimum absolute atomic E-state index is 0.0199. The number of carbonyl (C=O) groups is 3. The molecule has 0 saturated heterocycles. The van der Waals surface area contributed by atoms with E-state index in [0.717, 1.165) is 0 Å². The number of benzene rings is 1. The van der Waals surface area contributed by atoms with Crippen LogP contribution in [-0.2, 0) is 9.59 Å². The second-order valence-corrected chi connectivity index (χ2v) is 6.14. The summed E-state index contributed by atoms with van der Waals surface area (Å²) in [7, 11) is 0. The van der Waals surface area contributed by atoms with Gasteiger partial charge >= 0.3 is 0 Å². The third-order valence-corrected chi connectivity index (χ3v) is 3.21. The fourth-order valence-corrected chi connectivity index (χ4v) is 2.01. The molecule has 1 atom stereocenters. The van der Waals surface area contributed by atoms with E-state index in [9.17, 15) is 18.8 Å². The first-order valence-corrected chi connectivity index (χ1v) is 7.84. The molecule has 24 heavy (non-hydrogen) atoms. The van der Waals surface area contributed by atoms with Gasteiger partial charge in [-0.2, -0.15) is 0 Å². The van der Waals surface area contributed by atoms with Gasteiger partial charge in [-0.15, -0.1) is 0 Å². The Balaban J connectivity index is 2.65. The Labute approximate surface area is 141 Å². The molecule has 7 heteroatoms. The summed E-state index contributed by atoms with van der Waals surface area (Å²) in [6.07, 6.45) is 0. The minimum Gasteiger partial charge on any atom is -0.352 e. The van der Waals surface area contributed by atoms with Gasteiger partial charge in [0.15, 0.2) is 0 Å². The lowest BCUT2D eigenvalue weighted by atomic mass is 10.0. The molecule has 0 aliphatic heterocycles. The molecular formula is C17H24FN3O3. The Morgan fingerprint density at radius 3 is 2.08 bits per heavy atom. The summed E-state index contributed by atoms with van der Waals surface area (Å²) in [6, 6.07) is 4.22. The van der Waals surface area contributed by atoms with Crippen LogP contribution in [0.1, 0.15) is 38.1 Å². The van der Waals surface area contributed by atoms with Crippen molar-refractivity contribution in [2.75, 3.05) is 6.54 Å². The maximum atomic E-state index is 12.9. The van der Waals surface area contributed by atoms with Gasteiger partial charge in [0.1, 0.15) is 11.9 Å². The molecule has 6 nitrogen and oxygen atoms in total. The third kappa shape index (κ3) is 6.36. The smallest absolute Gasteiger partial charge is 0.251 e. The van der Waals surface area contributed by atoms with Gasteiger partial charge < -0.3 is 16.0 Å². The Morgan fingerprint density at radius 2 is 1.58 bits per heavy atom. The van der Waals surface area contributed by atoms with Crippen molar-refractivity contribution in [2.45, 2.75) is 39.8 Å². The molecule has 1 aromatic rings. The lowest BCUT2D eigenvalue weighted by Gasteiger charge is -2.21. The van der Waals surface area contributed by atoms with Crippen LogP contribution in [-0.4, -0.2) is 36.3 Å². The van der Waals surface area contributed by atoms with Crippen molar-refractivity contribution in [3.63, 3.8) is 0 Å². The maximum absolute atomic E-state index is 12.9. The largest absolute Gasteiger partial charge is 0.352 e. The van der Waals surface area contributed by atoms with Gasteiger partial charge in [-0.25, -0.2) is 4.39 Å². The van der Waals surface area contributed by atoms with Crippen molar-refractivity contribution in [1.82, 2.24) is 16.0 Å². The summed E-state index contributed by atoms with van der Waals surface area (Å²) in [5.74, 6) is -1.84. The molecule has 0 saturated carbocycles. The van der Waals surface area contributed by atoms with Gasteiger partial charge in [0, 0.05) is 11.6 Å². The van der Waals surface area contributed by atoms with Gasteiger partial charge in [-0.1, -0.05) is 13.8 Å². The van der Waals surface area contributed by atoms with Crippen LogP contribution in [0.25, 0.3) is 0 Å². The molecule has 0 heterocycles. The third-order valence-electron chi connectivity index (χ3n) is 3.21. The molecule has 0 aromatic heterocycles. The molecule has 0 aliphatic rings. The van der Waals surface area contributed by atoms with Crippen molar-refractivity contribution in [3.05, 3.63) is 35.6 Å². The van der Waals surface area contributed by atoms with Crippen molar-refractivity contribution in [1.29, 1.82) is 0 Å². The Kier molecular flexibility index (Phi) is 7.35. The van der Waals surface area contributed by atoms with Crippen LogP contribution in [0.4, 0.5) is 4.39 Å². The number of rotatable bonds is 7. The van der Waals surface area contributed by atoms with Crippen LogP contribution in [0.3, 0.4) is 0 Å². The fraction of sp³-hybridized carbons (Fsp3) is 0.471. The van der Waals surface area contributed by atoms with Crippen LogP contribution in [0.15, 0.2) is 24.3 Å². The summed E-state index contributed by atoms with van der Waals surface area (Å²) in [5, 5.41) is 7.78. The lowest BCUT2D eigenvalue weighted by Crippen LogP contribution is -2.51. The van der Waals surface area contributed by atoms with E-state index in [-0.39, 0.29) is 30.0 Å². The zero-order valence-corrected chi connectivity index (χ0v) is 14.4. The number of hydrogen-bond acceptors (Lipinski definition) is 3. The van der Waals surface area contributed by atoms with E-state index in [1.54, 1.807) is 13.8 Å². The molecule has 0 spiro atoms. The van der Waals surface area contributed by atoms with Crippen LogP contribution in [0, 0.1) is 11.7 Å². The summed E-state index contributed by atoms with van der Waals surface area (Å²) >= 11 is 0. The number of halogens is 1. The number of hydrogen-bond donors (Lipinski definition) is 3. The summed E-state index contributed by atoms with van der Waals surface area (Å²) in [5.41, 5.74) is 0.257. The van der Waals surface area contributed by atoms with Crippen LogP contribution >= 0.6 is 0 Å². The van der Waals surface area contributed by atoms with Gasteiger partial charge in [0.2, 0.25) is 11.8 Å². The molecule has 0 bridgehead atoms. The lowest BCUT2D eigenvalue weighted by molar-refractivity contribution is -0.128. The molecule has 3 N–H and O–H groups in total. The highest BCUT2D eigenvalue weighted by atomic mass is 19.1. The molecule has 132 valence electrons. The Morgan fingerprint density at radius 1 is 1.00 bits per heavy atom. The Bertz CT molecular complexity index is 585. The highest BCUT2D eigenvalue weighted by Gasteiger charge is 2.25. The van der Waals surface area contributed by atoms with E-state index in [0.29, 0.717) is 0 Å². The maximum Gasteiger partial charge on any atom is 0.251 e. The first-order valence-electron chi connectivity index (χ1n) is 7.84. The summed E-state index contributed by atoms with van der Waals surface area (Å²) in [6.45, 7) is 7.04. The summed E-state index contributed by atoms with van der Waals surface area (Å²) in [4.78, 5) is 36.0. The van der Waals surface area contributed by atoms with E-state index in [4.69, 9.17) is 0 Å². The van der Waals surface area contributed by atoms with Gasteiger partial charge in [0.25, 0.3) is 5.91 Å². The zero-order valence-electron chi connectivity index (χ0n) is 14.4. The molecule has 0 aliphatic carbocycles. The molecule has 1 aromatic carbocycles. The molecule has 0 radical (unpaired) electrons. The second kappa shape index (κ2) is 9.00. The van der Waals surface area contributed by atoms with Crippen LogP contribution < -0.4 is 16.0 Å². The van der Waals surface area contributed by atoms with E-state index in [1.165, 1.54) is 24.3 Å². The molecular weight excluding hydrogens is 313 g/mol. The Hall–Kier alpha value is -2.44. The van der Waals surface area contributed by atoms with E-state index in [1.807, 2.05) is 13.8 Å². The number of nitrogens with one attached hydrogen (secondary N) is 3. The highest BCUT2D eigenvalue weighted by molar-refractivity contribution is 5.98. The van der Waals surface area contributed by atoms with E-state index < -0.39 is 23.7 Å². The van der Waals surface area contributed by atoms with Crippen LogP contribution in [0.5, 0.6) is 0 Å². The fourth-order valence-electron chi connectivity index (χ4n) is 2.01. The number of amides is 3. The zero-order chi connectivity index (χ0) is 18.3. The average molecular weight is 337 g/mol. The van der Waals surface area contributed by atoms with Crippen molar-refractivity contribution >= 4 is 17.7 Å².